The summed E-state index contributed by atoms with van der Waals surface area (Å²) in [5, 5.41) is 3.12. The zero-order chi connectivity index (χ0) is 14.4. The molecule has 1 aliphatic rings. The van der Waals surface area contributed by atoms with Gasteiger partial charge in [-0.3, -0.25) is 4.79 Å². The molecule has 1 aromatic carbocycles. The van der Waals surface area contributed by atoms with Crippen molar-refractivity contribution < 1.29 is 4.79 Å². The monoisotopic (exact) mass is 328 g/mol. The standard InChI is InChI=1S/C16H24N2OS.ClH/c1-20-14-9-7-13(8-10-14)16(19)18-15(11-17)12-5-3-2-4-6-12;/h7-10,12,15H,2-6,11,17H2,1H3,(H,18,19);1H. The summed E-state index contributed by atoms with van der Waals surface area (Å²) in [4.78, 5) is 13.5. The second kappa shape index (κ2) is 9.34. The van der Waals surface area contributed by atoms with Gasteiger partial charge in [-0.15, -0.1) is 24.2 Å². The van der Waals surface area contributed by atoms with Crippen molar-refractivity contribution in [2.24, 2.45) is 11.7 Å². The predicted octanol–water partition coefficient (Wildman–Crippen LogP) is 3.47. The minimum absolute atomic E-state index is 0. The number of thioether (sulfide) groups is 1. The first kappa shape index (κ1) is 18.3. The minimum Gasteiger partial charge on any atom is -0.348 e. The zero-order valence-corrected chi connectivity index (χ0v) is 14.1. The Morgan fingerprint density at radius 2 is 1.90 bits per heavy atom. The molecular formula is C16H25ClN2OS. The van der Waals surface area contributed by atoms with Gasteiger partial charge in [-0.05, 0) is 49.3 Å². The smallest absolute Gasteiger partial charge is 0.251 e. The molecule has 0 bridgehead atoms. The minimum atomic E-state index is -0.00123. The Hall–Kier alpha value is -0.710. The maximum absolute atomic E-state index is 12.3. The summed E-state index contributed by atoms with van der Waals surface area (Å²) in [6.45, 7) is 0.527. The highest BCUT2D eigenvalue weighted by molar-refractivity contribution is 7.98. The molecule has 118 valence electrons. The molecule has 3 N–H and O–H groups in total. The highest BCUT2D eigenvalue weighted by Gasteiger charge is 2.24. The Bertz CT molecular complexity index is 432. The molecule has 0 radical (unpaired) electrons. The van der Waals surface area contributed by atoms with Gasteiger partial charge in [0.05, 0.1) is 0 Å². The Labute approximate surface area is 137 Å². The molecule has 1 amide bonds. The summed E-state index contributed by atoms with van der Waals surface area (Å²) < 4.78 is 0. The SMILES string of the molecule is CSc1ccc(C(=O)NC(CN)C2CCCCC2)cc1.Cl. The number of hydrogen-bond donors (Lipinski definition) is 2. The predicted molar refractivity (Wildman–Crippen MR) is 92.4 cm³/mol. The molecule has 1 unspecified atom stereocenters. The van der Waals surface area contributed by atoms with Gasteiger partial charge in [0.2, 0.25) is 0 Å². The number of carbonyl (C=O) groups excluding carboxylic acids is 1. The normalized spacial score (nSPS) is 16.9. The third-order valence-electron chi connectivity index (χ3n) is 4.14. The van der Waals surface area contributed by atoms with E-state index in [1.165, 1.54) is 37.0 Å². The van der Waals surface area contributed by atoms with Crippen LogP contribution in [0.2, 0.25) is 0 Å². The van der Waals surface area contributed by atoms with Gasteiger partial charge in [-0.1, -0.05) is 19.3 Å². The lowest BCUT2D eigenvalue weighted by molar-refractivity contribution is 0.0915. The van der Waals surface area contributed by atoms with Crippen molar-refractivity contribution in [3.8, 4) is 0 Å². The number of nitrogens with two attached hydrogens (primary N) is 1. The Balaban J connectivity index is 0.00000220. The van der Waals surface area contributed by atoms with Crippen molar-refractivity contribution in [2.45, 2.75) is 43.0 Å². The highest BCUT2D eigenvalue weighted by Crippen LogP contribution is 2.26. The topological polar surface area (TPSA) is 55.1 Å². The van der Waals surface area contributed by atoms with E-state index < -0.39 is 0 Å². The first-order valence-corrected chi connectivity index (χ1v) is 8.62. The number of halogens is 1. The van der Waals surface area contributed by atoms with Crippen LogP contribution in [-0.2, 0) is 0 Å². The molecule has 0 spiro atoms. The quantitative estimate of drug-likeness (QED) is 0.814. The van der Waals surface area contributed by atoms with Crippen LogP contribution in [0.3, 0.4) is 0 Å². The maximum Gasteiger partial charge on any atom is 0.251 e. The molecule has 0 aliphatic heterocycles. The van der Waals surface area contributed by atoms with E-state index in [1.54, 1.807) is 11.8 Å². The molecule has 1 fully saturated rings. The van der Waals surface area contributed by atoms with Crippen LogP contribution in [0, 0.1) is 5.92 Å². The largest absolute Gasteiger partial charge is 0.348 e. The van der Waals surface area contributed by atoms with Crippen LogP contribution in [0.5, 0.6) is 0 Å². The van der Waals surface area contributed by atoms with E-state index in [0.29, 0.717) is 12.5 Å². The highest BCUT2D eigenvalue weighted by atomic mass is 35.5. The molecule has 3 nitrogen and oxygen atoms in total. The van der Waals surface area contributed by atoms with Gasteiger partial charge in [0.1, 0.15) is 0 Å². The zero-order valence-electron chi connectivity index (χ0n) is 12.5. The van der Waals surface area contributed by atoms with E-state index in [-0.39, 0.29) is 24.4 Å². The van der Waals surface area contributed by atoms with Crippen molar-refractivity contribution in [3.63, 3.8) is 0 Å². The number of amides is 1. The second-order valence-corrected chi connectivity index (χ2v) is 6.32. The van der Waals surface area contributed by atoms with E-state index in [2.05, 4.69) is 5.32 Å². The summed E-state index contributed by atoms with van der Waals surface area (Å²) in [7, 11) is 0. The van der Waals surface area contributed by atoms with Crippen molar-refractivity contribution >= 4 is 30.1 Å². The van der Waals surface area contributed by atoms with E-state index in [1.807, 2.05) is 30.5 Å². The summed E-state index contributed by atoms with van der Waals surface area (Å²) >= 11 is 1.68. The molecule has 0 heterocycles. The van der Waals surface area contributed by atoms with Crippen LogP contribution in [0.25, 0.3) is 0 Å². The van der Waals surface area contributed by atoms with Gasteiger partial charge < -0.3 is 11.1 Å². The van der Waals surface area contributed by atoms with Crippen LogP contribution >= 0.6 is 24.2 Å². The van der Waals surface area contributed by atoms with Gasteiger partial charge in [-0.2, -0.15) is 0 Å². The Kier molecular flexibility index (Phi) is 8.15. The summed E-state index contributed by atoms with van der Waals surface area (Å²) in [5.41, 5.74) is 6.58. The van der Waals surface area contributed by atoms with E-state index in [0.717, 1.165) is 5.56 Å². The lowest BCUT2D eigenvalue weighted by atomic mass is 9.84. The molecule has 0 aromatic heterocycles. The molecule has 1 aromatic rings. The third-order valence-corrected chi connectivity index (χ3v) is 4.89. The van der Waals surface area contributed by atoms with Crippen molar-refractivity contribution in [1.29, 1.82) is 0 Å². The fraction of sp³-hybridized carbons (Fsp3) is 0.562. The third kappa shape index (κ3) is 5.20. The fourth-order valence-electron chi connectivity index (χ4n) is 2.90. The van der Waals surface area contributed by atoms with E-state index >= 15 is 0 Å². The molecule has 21 heavy (non-hydrogen) atoms. The molecule has 1 saturated carbocycles. The van der Waals surface area contributed by atoms with Crippen LogP contribution in [0.4, 0.5) is 0 Å². The first-order chi connectivity index (χ1) is 9.74. The molecule has 1 atom stereocenters. The van der Waals surface area contributed by atoms with Gasteiger partial charge in [-0.25, -0.2) is 0 Å². The van der Waals surface area contributed by atoms with Gasteiger partial charge in [0.25, 0.3) is 5.91 Å². The molecule has 0 saturated heterocycles. The number of benzene rings is 1. The summed E-state index contributed by atoms with van der Waals surface area (Å²) in [6, 6.07) is 7.85. The van der Waals surface area contributed by atoms with Crippen LogP contribution in [0.15, 0.2) is 29.2 Å². The summed E-state index contributed by atoms with van der Waals surface area (Å²) in [6.07, 6.45) is 8.25. The fourth-order valence-corrected chi connectivity index (χ4v) is 3.31. The molecule has 5 heteroatoms. The molecule has 2 rings (SSSR count). The Morgan fingerprint density at radius 1 is 1.29 bits per heavy atom. The van der Waals surface area contributed by atoms with Gasteiger partial charge in [0, 0.05) is 23.0 Å². The van der Waals surface area contributed by atoms with Crippen LogP contribution in [0.1, 0.15) is 42.5 Å². The summed E-state index contributed by atoms with van der Waals surface area (Å²) in [5.74, 6) is 0.543. The van der Waals surface area contributed by atoms with Crippen molar-refractivity contribution in [1.82, 2.24) is 5.32 Å². The molecular weight excluding hydrogens is 304 g/mol. The average Bonchev–Trinajstić information content (AvgIpc) is 2.53. The van der Waals surface area contributed by atoms with Gasteiger partial charge >= 0.3 is 0 Å². The average molecular weight is 329 g/mol. The van der Waals surface area contributed by atoms with E-state index in [9.17, 15) is 4.79 Å². The van der Waals surface area contributed by atoms with Gasteiger partial charge in [0.15, 0.2) is 0 Å². The second-order valence-electron chi connectivity index (χ2n) is 5.44. The van der Waals surface area contributed by atoms with Crippen molar-refractivity contribution in [3.05, 3.63) is 29.8 Å². The number of rotatable bonds is 5. The lowest BCUT2D eigenvalue weighted by Gasteiger charge is -2.30. The van der Waals surface area contributed by atoms with Crippen LogP contribution in [-0.4, -0.2) is 24.7 Å². The van der Waals surface area contributed by atoms with Crippen molar-refractivity contribution in [2.75, 3.05) is 12.8 Å². The maximum atomic E-state index is 12.3. The number of hydrogen-bond acceptors (Lipinski definition) is 3. The molecule has 1 aliphatic carbocycles. The first-order valence-electron chi connectivity index (χ1n) is 7.39. The van der Waals surface area contributed by atoms with E-state index in [4.69, 9.17) is 5.73 Å². The Morgan fingerprint density at radius 3 is 2.43 bits per heavy atom. The number of carbonyl (C=O) groups is 1. The van der Waals surface area contributed by atoms with Crippen LogP contribution < -0.4 is 11.1 Å². The number of nitrogens with one attached hydrogen (secondary N) is 1. The lowest BCUT2D eigenvalue weighted by Crippen LogP contribution is -2.45.